The average Bonchev–Trinajstić information content (AvgIpc) is 2.83. The van der Waals surface area contributed by atoms with E-state index in [1.165, 1.54) is 58.4 Å². The minimum absolute atomic E-state index is 0.270. The van der Waals surface area contributed by atoms with Gasteiger partial charge in [-0.3, -0.25) is 4.90 Å². The number of nitrogens with zero attached hydrogens (tertiary/aromatic N) is 2. The summed E-state index contributed by atoms with van der Waals surface area (Å²) in [5, 5.41) is 3.57. The van der Waals surface area contributed by atoms with E-state index in [1.54, 1.807) is 0 Å². The van der Waals surface area contributed by atoms with E-state index in [1.807, 2.05) is 0 Å². The van der Waals surface area contributed by atoms with E-state index >= 15 is 0 Å². The van der Waals surface area contributed by atoms with Gasteiger partial charge >= 0.3 is 0 Å². The quantitative estimate of drug-likeness (QED) is 0.656. The van der Waals surface area contributed by atoms with Crippen molar-refractivity contribution in [3.8, 4) is 0 Å². The molecule has 120 valence electrons. The molecule has 0 aliphatic carbocycles. The summed E-state index contributed by atoms with van der Waals surface area (Å²) in [4.78, 5) is 5.29. The van der Waals surface area contributed by atoms with Gasteiger partial charge in [-0.1, -0.05) is 20.3 Å². The lowest BCUT2D eigenvalue weighted by atomic mass is 10.1. The number of likely N-dealkylation sites (tertiary alicyclic amines) is 1. The second-order valence-corrected chi connectivity index (χ2v) is 7.20. The smallest absolute Gasteiger partial charge is 0.0235 e. The first-order chi connectivity index (χ1) is 9.46. The Morgan fingerprint density at radius 2 is 1.80 bits per heavy atom. The number of likely N-dealkylation sites (N-methyl/N-ethyl adjacent to an activating group) is 1. The summed E-state index contributed by atoms with van der Waals surface area (Å²) >= 11 is 0. The molecule has 0 aromatic rings. The molecule has 1 atom stereocenters. The van der Waals surface area contributed by atoms with Crippen LogP contribution < -0.4 is 5.32 Å². The Morgan fingerprint density at radius 1 is 1.10 bits per heavy atom. The highest BCUT2D eigenvalue weighted by molar-refractivity contribution is 4.82. The maximum absolute atomic E-state index is 3.57. The molecule has 0 aromatic carbocycles. The molecule has 1 fully saturated rings. The van der Waals surface area contributed by atoms with E-state index in [-0.39, 0.29) is 5.54 Å². The molecule has 0 saturated carbocycles. The highest BCUT2D eigenvalue weighted by Gasteiger charge is 2.25. The van der Waals surface area contributed by atoms with Crippen LogP contribution in [0.2, 0.25) is 0 Å². The molecule has 1 saturated heterocycles. The lowest BCUT2D eigenvalue weighted by Crippen LogP contribution is -2.37. The van der Waals surface area contributed by atoms with Crippen molar-refractivity contribution >= 4 is 0 Å². The van der Waals surface area contributed by atoms with Crippen molar-refractivity contribution < 1.29 is 0 Å². The Morgan fingerprint density at radius 3 is 2.40 bits per heavy atom. The van der Waals surface area contributed by atoms with Crippen molar-refractivity contribution in [3.05, 3.63) is 0 Å². The lowest BCUT2D eigenvalue weighted by Gasteiger charge is -2.26. The van der Waals surface area contributed by atoms with Crippen LogP contribution in [-0.2, 0) is 0 Å². The van der Waals surface area contributed by atoms with E-state index in [2.05, 4.69) is 49.7 Å². The van der Waals surface area contributed by atoms with Crippen molar-refractivity contribution in [2.45, 2.75) is 71.9 Å². The predicted octanol–water partition coefficient (Wildman–Crippen LogP) is 2.96. The Balaban J connectivity index is 2.04. The van der Waals surface area contributed by atoms with Gasteiger partial charge in [0.1, 0.15) is 0 Å². The standard InChI is InChI=1S/C17H37N3/c1-6-20(7-2)16-11-14-19(15-16)13-10-8-9-12-18-17(3,4)5/h16,18H,6-15H2,1-5H3. The zero-order valence-corrected chi connectivity index (χ0v) is 14.5. The van der Waals surface area contributed by atoms with Crippen molar-refractivity contribution in [2.24, 2.45) is 0 Å². The van der Waals surface area contributed by atoms with Gasteiger partial charge < -0.3 is 10.2 Å². The highest BCUT2D eigenvalue weighted by atomic mass is 15.2. The lowest BCUT2D eigenvalue weighted by molar-refractivity contribution is 0.210. The SMILES string of the molecule is CCN(CC)C1CCN(CCCCCNC(C)(C)C)C1. The molecule has 3 heteroatoms. The zero-order chi connectivity index (χ0) is 15.0. The Bertz CT molecular complexity index is 243. The normalized spacial score (nSPS) is 21.0. The van der Waals surface area contributed by atoms with Gasteiger partial charge in [0.15, 0.2) is 0 Å². The topological polar surface area (TPSA) is 18.5 Å². The van der Waals surface area contributed by atoms with Crippen LogP contribution in [0.1, 0.15) is 60.3 Å². The third-order valence-corrected chi connectivity index (χ3v) is 4.38. The minimum atomic E-state index is 0.270. The van der Waals surface area contributed by atoms with Gasteiger partial charge in [-0.2, -0.15) is 0 Å². The largest absolute Gasteiger partial charge is 0.312 e. The van der Waals surface area contributed by atoms with Gasteiger partial charge in [0, 0.05) is 18.1 Å². The monoisotopic (exact) mass is 283 g/mol. The van der Waals surface area contributed by atoms with Crippen molar-refractivity contribution in [2.75, 3.05) is 39.3 Å². The second-order valence-electron chi connectivity index (χ2n) is 7.20. The van der Waals surface area contributed by atoms with Crippen LogP contribution in [0.15, 0.2) is 0 Å². The molecule has 0 bridgehead atoms. The molecule has 1 aliphatic rings. The fourth-order valence-corrected chi connectivity index (χ4v) is 3.15. The first-order valence-corrected chi connectivity index (χ1v) is 8.67. The van der Waals surface area contributed by atoms with Gasteiger partial charge in [0.05, 0.1) is 0 Å². The van der Waals surface area contributed by atoms with Crippen molar-refractivity contribution in [1.82, 2.24) is 15.1 Å². The summed E-state index contributed by atoms with van der Waals surface area (Å²) in [6, 6.07) is 0.813. The molecule has 1 N–H and O–H groups in total. The van der Waals surface area contributed by atoms with Gasteiger partial charge in [0.25, 0.3) is 0 Å². The molecule has 1 unspecified atom stereocenters. The zero-order valence-electron chi connectivity index (χ0n) is 14.5. The van der Waals surface area contributed by atoms with E-state index < -0.39 is 0 Å². The van der Waals surface area contributed by atoms with Gasteiger partial charge in [-0.05, 0) is 72.8 Å². The van der Waals surface area contributed by atoms with Gasteiger partial charge in [-0.25, -0.2) is 0 Å². The molecule has 1 heterocycles. The number of hydrogen-bond donors (Lipinski definition) is 1. The third-order valence-electron chi connectivity index (χ3n) is 4.38. The predicted molar refractivity (Wildman–Crippen MR) is 89.4 cm³/mol. The molecule has 20 heavy (non-hydrogen) atoms. The first kappa shape index (κ1) is 17.9. The molecule has 0 amide bonds. The van der Waals surface area contributed by atoms with Gasteiger partial charge in [-0.15, -0.1) is 0 Å². The van der Waals surface area contributed by atoms with E-state index in [4.69, 9.17) is 0 Å². The molecule has 1 aliphatic heterocycles. The molecular formula is C17H37N3. The van der Waals surface area contributed by atoms with Crippen molar-refractivity contribution in [3.63, 3.8) is 0 Å². The fourth-order valence-electron chi connectivity index (χ4n) is 3.15. The van der Waals surface area contributed by atoms with Crippen LogP contribution in [-0.4, -0.2) is 60.6 Å². The van der Waals surface area contributed by atoms with Crippen LogP contribution in [0.3, 0.4) is 0 Å². The number of rotatable bonds is 9. The summed E-state index contributed by atoms with van der Waals surface area (Å²) in [5.74, 6) is 0. The van der Waals surface area contributed by atoms with Gasteiger partial charge in [0.2, 0.25) is 0 Å². The van der Waals surface area contributed by atoms with E-state index in [0.717, 1.165) is 12.6 Å². The molecule has 3 nitrogen and oxygen atoms in total. The summed E-state index contributed by atoms with van der Waals surface area (Å²) in [5.41, 5.74) is 0.270. The fraction of sp³-hybridized carbons (Fsp3) is 1.00. The first-order valence-electron chi connectivity index (χ1n) is 8.67. The molecule has 0 spiro atoms. The molecular weight excluding hydrogens is 246 g/mol. The molecule has 0 radical (unpaired) electrons. The van der Waals surface area contributed by atoms with Crippen LogP contribution in [0.25, 0.3) is 0 Å². The number of hydrogen-bond acceptors (Lipinski definition) is 3. The molecule has 1 rings (SSSR count). The van der Waals surface area contributed by atoms with Crippen LogP contribution in [0.4, 0.5) is 0 Å². The van der Waals surface area contributed by atoms with Crippen LogP contribution in [0.5, 0.6) is 0 Å². The number of nitrogens with one attached hydrogen (secondary N) is 1. The summed E-state index contributed by atoms with van der Waals surface area (Å²) in [7, 11) is 0. The maximum Gasteiger partial charge on any atom is 0.0235 e. The average molecular weight is 284 g/mol. The maximum atomic E-state index is 3.57. The Hall–Kier alpha value is -0.120. The van der Waals surface area contributed by atoms with Crippen LogP contribution >= 0.6 is 0 Å². The Kier molecular flexibility index (Phi) is 8.08. The highest BCUT2D eigenvalue weighted by Crippen LogP contribution is 2.16. The van der Waals surface area contributed by atoms with Crippen molar-refractivity contribution in [1.29, 1.82) is 0 Å². The summed E-state index contributed by atoms with van der Waals surface area (Å²) < 4.78 is 0. The van der Waals surface area contributed by atoms with E-state index in [9.17, 15) is 0 Å². The number of unbranched alkanes of at least 4 members (excludes halogenated alkanes) is 2. The van der Waals surface area contributed by atoms with Crippen LogP contribution in [0, 0.1) is 0 Å². The third kappa shape index (κ3) is 7.05. The molecule has 0 aromatic heterocycles. The summed E-state index contributed by atoms with van der Waals surface area (Å²) in [6.45, 7) is 18.8. The Labute approximate surface area is 127 Å². The minimum Gasteiger partial charge on any atom is -0.312 e. The second kappa shape index (κ2) is 9.01. The van der Waals surface area contributed by atoms with E-state index in [0.29, 0.717) is 0 Å². The summed E-state index contributed by atoms with van der Waals surface area (Å²) in [6.07, 6.45) is 5.39.